The van der Waals surface area contributed by atoms with E-state index in [4.69, 9.17) is 14.2 Å². The number of nitrogens with one attached hydrogen (secondary N) is 2. The van der Waals surface area contributed by atoms with Gasteiger partial charge in [0, 0.05) is 18.2 Å². The Hall–Kier alpha value is -1.66. The molecule has 2 N–H and O–H groups in total. The van der Waals surface area contributed by atoms with E-state index >= 15 is 0 Å². The molecular weight excluding hydrogens is 308 g/mol. The van der Waals surface area contributed by atoms with Gasteiger partial charge in [-0.1, -0.05) is 0 Å². The lowest BCUT2D eigenvalue weighted by molar-refractivity contribution is 0.0930. The lowest BCUT2D eigenvalue weighted by atomic mass is 10.1. The molecule has 124 valence electrons. The molecule has 0 saturated carbocycles. The first kappa shape index (κ1) is 18.4. The van der Waals surface area contributed by atoms with Crippen LogP contribution in [0.1, 0.15) is 23.2 Å². The van der Waals surface area contributed by atoms with E-state index in [0.717, 1.165) is 25.9 Å². The van der Waals surface area contributed by atoms with Gasteiger partial charge in [-0.2, -0.15) is 0 Å². The molecule has 0 unspecified atom stereocenters. The van der Waals surface area contributed by atoms with Crippen LogP contribution in [-0.2, 0) is 0 Å². The maximum absolute atomic E-state index is 12.4. The maximum Gasteiger partial charge on any atom is 0.251 e. The van der Waals surface area contributed by atoms with Gasteiger partial charge in [0.1, 0.15) is 0 Å². The second-order valence-electron chi connectivity index (χ2n) is 4.93. The molecule has 6 nitrogen and oxygen atoms in total. The van der Waals surface area contributed by atoms with E-state index < -0.39 is 0 Å². The highest BCUT2D eigenvalue weighted by Crippen LogP contribution is 2.38. The zero-order valence-electron chi connectivity index (χ0n) is 13.1. The van der Waals surface area contributed by atoms with Crippen LogP contribution in [0, 0.1) is 0 Å². The molecule has 1 aromatic rings. The molecule has 1 saturated heterocycles. The first-order valence-corrected chi connectivity index (χ1v) is 7.01. The molecule has 1 atom stereocenters. The Morgan fingerprint density at radius 1 is 1.18 bits per heavy atom. The first-order chi connectivity index (χ1) is 10.2. The van der Waals surface area contributed by atoms with Crippen molar-refractivity contribution >= 4 is 18.3 Å². The summed E-state index contributed by atoms with van der Waals surface area (Å²) in [4.78, 5) is 12.4. The van der Waals surface area contributed by atoms with Crippen molar-refractivity contribution in [3.05, 3.63) is 17.7 Å². The highest BCUT2D eigenvalue weighted by atomic mass is 35.5. The second-order valence-corrected chi connectivity index (χ2v) is 4.93. The van der Waals surface area contributed by atoms with Gasteiger partial charge in [0.2, 0.25) is 5.75 Å². The third-order valence-corrected chi connectivity index (χ3v) is 3.56. The average Bonchev–Trinajstić information content (AvgIpc) is 2.54. The predicted molar refractivity (Wildman–Crippen MR) is 86.7 cm³/mol. The topological polar surface area (TPSA) is 68.8 Å². The quantitative estimate of drug-likeness (QED) is 0.858. The van der Waals surface area contributed by atoms with Gasteiger partial charge >= 0.3 is 0 Å². The molecule has 0 spiro atoms. The van der Waals surface area contributed by atoms with Crippen LogP contribution < -0.4 is 24.8 Å². The summed E-state index contributed by atoms with van der Waals surface area (Å²) >= 11 is 0. The summed E-state index contributed by atoms with van der Waals surface area (Å²) in [6.07, 6.45) is 2.06. The lowest BCUT2D eigenvalue weighted by Gasteiger charge is -2.24. The van der Waals surface area contributed by atoms with Gasteiger partial charge in [-0.25, -0.2) is 0 Å². The van der Waals surface area contributed by atoms with Gasteiger partial charge in [0.05, 0.1) is 21.3 Å². The number of amides is 1. The maximum atomic E-state index is 12.4. The summed E-state index contributed by atoms with van der Waals surface area (Å²) in [5.41, 5.74) is 0.495. The molecule has 0 radical (unpaired) electrons. The zero-order valence-corrected chi connectivity index (χ0v) is 13.9. The van der Waals surface area contributed by atoms with Crippen LogP contribution in [-0.4, -0.2) is 46.4 Å². The molecule has 0 aromatic heterocycles. The Kier molecular flexibility index (Phi) is 7.27. The minimum atomic E-state index is -0.136. The number of hydrogen-bond acceptors (Lipinski definition) is 5. The molecular formula is C15H23ClN2O4. The highest BCUT2D eigenvalue weighted by molar-refractivity contribution is 5.95. The standard InChI is InChI=1S/C15H22N2O4.ClH/c1-19-12-7-10(8-13(20-2)14(12)21-3)15(18)17-11-5-4-6-16-9-11;/h7-8,11,16H,4-6,9H2,1-3H3,(H,17,18);1H/t11-;/m0./s1. The number of piperidine rings is 1. The van der Waals surface area contributed by atoms with Crippen LogP contribution in [0.2, 0.25) is 0 Å². The molecule has 0 bridgehead atoms. The van der Waals surface area contributed by atoms with Crippen molar-refractivity contribution in [1.29, 1.82) is 0 Å². The fourth-order valence-corrected chi connectivity index (χ4v) is 2.46. The number of hydrogen-bond donors (Lipinski definition) is 2. The Morgan fingerprint density at radius 3 is 2.27 bits per heavy atom. The summed E-state index contributed by atoms with van der Waals surface area (Å²) in [6, 6.07) is 3.48. The molecule has 7 heteroatoms. The van der Waals surface area contributed by atoms with Gasteiger partial charge in [-0.05, 0) is 31.5 Å². The van der Waals surface area contributed by atoms with Gasteiger partial charge in [-0.3, -0.25) is 4.79 Å². The van der Waals surface area contributed by atoms with Gasteiger partial charge in [0.25, 0.3) is 5.91 Å². The number of benzene rings is 1. The second kappa shape index (κ2) is 8.70. The molecule has 1 aliphatic rings. The van der Waals surface area contributed by atoms with Gasteiger partial charge in [-0.15, -0.1) is 12.4 Å². The van der Waals surface area contributed by atoms with E-state index in [-0.39, 0.29) is 24.4 Å². The molecule has 1 aromatic carbocycles. The monoisotopic (exact) mass is 330 g/mol. The average molecular weight is 331 g/mol. The van der Waals surface area contributed by atoms with E-state index in [0.29, 0.717) is 22.8 Å². The minimum absolute atomic E-state index is 0. The van der Waals surface area contributed by atoms with E-state index in [1.165, 1.54) is 21.3 Å². The normalized spacial score (nSPS) is 17.1. The van der Waals surface area contributed by atoms with Crippen molar-refractivity contribution in [2.45, 2.75) is 18.9 Å². The number of halogens is 1. The Labute approximate surface area is 136 Å². The summed E-state index contributed by atoms with van der Waals surface area (Å²) in [6.45, 7) is 1.81. The largest absolute Gasteiger partial charge is 0.493 e. The minimum Gasteiger partial charge on any atom is -0.493 e. The highest BCUT2D eigenvalue weighted by Gasteiger charge is 2.20. The van der Waals surface area contributed by atoms with Crippen LogP contribution in [0.4, 0.5) is 0 Å². The van der Waals surface area contributed by atoms with Crippen LogP contribution in [0.25, 0.3) is 0 Å². The number of ether oxygens (including phenoxy) is 3. The molecule has 2 rings (SSSR count). The zero-order chi connectivity index (χ0) is 15.2. The summed E-state index contributed by atoms with van der Waals surface area (Å²) < 4.78 is 15.8. The number of carbonyl (C=O) groups excluding carboxylic acids is 1. The lowest BCUT2D eigenvalue weighted by Crippen LogP contribution is -2.45. The molecule has 22 heavy (non-hydrogen) atoms. The van der Waals surface area contributed by atoms with E-state index in [1.807, 2.05) is 0 Å². The third kappa shape index (κ3) is 4.18. The first-order valence-electron chi connectivity index (χ1n) is 7.01. The van der Waals surface area contributed by atoms with Crippen molar-refractivity contribution in [3.63, 3.8) is 0 Å². The van der Waals surface area contributed by atoms with E-state index in [1.54, 1.807) is 12.1 Å². The summed E-state index contributed by atoms with van der Waals surface area (Å²) in [5.74, 6) is 1.30. The smallest absolute Gasteiger partial charge is 0.251 e. The van der Waals surface area contributed by atoms with Crippen molar-refractivity contribution in [1.82, 2.24) is 10.6 Å². The number of carbonyl (C=O) groups is 1. The fourth-order valence-electron chi connectivity index (χ4n) is 2.46. The van der Waals surface area contributed by atoms with Crippen molar-refractivity contribution in [3.8, 4) is 17.2 Å². The van der Waals surface area contributed by atoms with Crippen molar-refractivity contribution in [2.24, 2.45) is 0 Å². The third-order valence-electron chi connectivity index (χ3n) is 3.56. The Bertz CT molecular complexity index is 479. The number of methoxy groups -OCH3 is 3. The van der Waals surface area contributed by atoms with Crippen LogP contribution in [0.5, 0.6) is 17.2 Å². The van der Waals surface area contributed by atoms with E-state index in [2.05, 4.69) is 10.6 Å². The van der Waals surface area contributed by atoms with Crippen LogP contribution in [0.15, 0.2) is 12.1 Å². The van der Waals surface area contributed by atoms with Crippen molar-refractivity contribution in [2.75, 3.05) is 34.4 Å². The molecule has 0 aliphatic carbocycles. The van der Waals surface area contributed by atoms with E-state index in [9.17, 15) is 4.79 Å². The van der Waals surface area contributed by atoms with Crippen LogP contribution >= 0.6 is 12.4 Å². The summed E-state index contributed by atoms with van der Waals surface area (Å²) in [7, 11) is 4.60. The Balaban J connectivity index is 0.00000242. The molecule has 1 heterocycles. The Morgan fingerprint density at radius 2 is 1.82 bits per heavy atom. The van der Waals surface area contributed by atoms with Crippen LogP contribution in [0.3, 0.4) is 0 Å². The summed E-state index contributed by atoms with van der Waals surface area (Å²) in [5, 5.41) is 6.29. The fraction of sp³-hybridized carbons (Fsp3) is 0.533. The van der Waals surface area contributed by atoms with Gasteiger partial charge in [0.15, 0.2) is 11.5 Å². The van der Waals surface area contributed by atoms with Crippen molar-refractivity contribution < 1.29 is 19.0 Å². The predicted octanol–water partition coefficient (Wildman–Crippen LogP) is 1.62. The number of rotatable bonds is 5. The SMILES string of the molecule is COc1cc(C(=O)N[C@H]2CCCNC2)cc(OC)c1OC.Cl. The molecule has 1 aliphatic heterocycles. The molecule has 1 fully saturated rings. The van der Waals surface area contributed by atoms with Gasteiger partial charge < -0.3 is 24.8 Å². The molecule has 1 amide bonds.